The van der Waals surface area contributed by atoms with Gasteiger partial charge in [0.1, 0.15) is 0 Å². The predicted molar refractivity (Wildman–Crippen MR) is 100 cm³/mol. The number of carbonyl (C=O) groups excluding carboxylic acids is 3. The Balaban J connectivity index is 1.45. The van der Waals surface area contributed by atoms with E-state index in [2.05, 4.69) is 5.32 Å². The molecule has 0 aromatic heterocycles. The van der Waals surface area contributed by atoms with Gasteiger partial charge in [0.2, 0.25) is 11.8 Å². The van der Waals surface area contributed by atoms with E-state index in [1.807, 2.05) is 28.9 Å². The van der Waals surface area contributed by atoms with Crippen LogP contribution in [0.4, 0.5) is 5.69 Å². The molecule has 1 atom stereocenters. The third-order valence-corrected chi connectivity index (χ3v) is 6.36. The van der Waals surface area contributed by atoms with Crippen molar-refractivity contribution in [1.82, 2.24) is 9.80 Å². The van der Waals surface area contributed by atoms with Gasteiger partial charge in [-0.25, -0.2) is 0 Å². The molecule has 4 rings (SSSR count). The normalized spacial score (nSPS) is 23.1. The van der Waals surface area contributed by atoms with Crippen LogP contribution in [-0.4, -0.2) is 59.0 Å². The predicted octanol–water partition coefficient (Wildman–Crippen LogP) is 2.20. The summed E-state index contributed by atoms with van der Waals surface area (Å²) in [6.45, 7) is 4.42. The molecule has 6 nitrogen and oxygen atoms in total. The van der Waals surface area contributed by atoms with Gasteiger partial charge in [0, 0.05) is 42.6 Å². The summed E-state index contributed by atoms with van der Waals surface area (Å²) < 4.78 is 0. The van der Waals surface area contributed by atoms with E-state index in [0.717, 1.165) is 30.7 Å². The fraction of sp³-hybridized carbons (Fsp3) is 0.526. The molecular weight excluding hydrogens is 350 g/mol. The maximum absolute atomic E-state index is 12.9. The van der Waals surface area contributed by atoms with E-state index in [1.54, 1.807) is 6.07 Å². The van der Waals surface area contributed by atoms with E-state index >= 15 is 0 Å². The van der Waals surface area contributed by atoms with E-state index in [9.17, 15) is 14.4 Å². The van der Waals surface area contributed by atoms with Crippen molar-refractivity contribution in [2.24, 2.45) is 5.92 Å². The SMILES string of the molecule is CC1Sc2ccc(C(=O)N3CCCN(C(=O)C4CC4)CC3)cc2NC1=O. The van der Waals surface area contributed by atoms with Crippen molar-refractivity contribution >= 4 is 35.2 Å². The zero-order valence-corrected chi connectivity index (χ0v) is 15.7. The lowest BCUT2D eigenvalue weighted by Crippen LogP contribution is -2.38. The summed E-state index contributed by atoms with van der Waals surface area (Å²) in [4.78, 5) is 41.8. The number of thioether (sulfide) groups is 1. The van der Waals surface area contributed by atoms with Gasteiger partial charge < -0.3 is 15.1 Å². The van der Waals surface area contributed by atoms with Gasteiger partial charge in [-0.1, -0.05) is 0 Å². The van der Waals surface area contributed by atoms with E-state index in [0.29, 0.717) is 30.9 Å². The molecule has 2 aliphatic heterocycles. The summed E-state index contributed by atoms with van der Waals surface area (Å²) in [5.74, 6) is 0.408. The van der Waals surface area contributed by atoms with E-state index in [4.69, 9.17) is 0 Å². The van der Waals surface area contributed by atoms with Gasteiger partial charge in [0.25, 0.3) is 5.91 Å². The van der Waals surface area contributed by atoms with Crippen LogP contribution in [0.2, 0.25) is 0 Å². The lowest BCUT2D eigenvalue weighted by molar-refractivity contribution is -0.132. The van der Waals surface area contributed by atoms with Crippen LogP contribution in [0.3, 0.4) is 0 Å². The van der Waals surface area contributed by atoms with Gasteiger partial charge in [-0.3, -0.25) is 14.4 Å². The molecule has 26 heavy (non-hydrogen) atoms. The van der Waals surface area contributed by atoms with Crippen LogP contribution in [0, 0.1) is 5.92 Å². The first-order valence-electron chi connectivity index (χ1n) is 9.22. The monoisotopic (exact) mass is 373 g/mol. The Morgan fingerprint density at radius 2 is 1.85 bits per heavy atom. The zero-order valence-electron chi connectivity index (χ0n) is 14.9. The second-order valence-corrected chi connectivity index (χ2v) is 8.59. The Labute approximate surface area is 157 Å². The number of carbonyl (C=O) groups is 3. The van der Waals surface area contributed by atoms with Crippen molar-refractivity contribution in [3.05, 3.63) is 23.8 Å². The highest BCUT2D eigenvalue weighted by Crippen LogP contribution is 2.36. The van der Waals surface area contributed by atoms with E-state index in [-0.39, 0.29) is 28.9 Å². The molecule has 0 bridgehead atoms. The maximum atomic E-state index is 12.9. The largest absolute Gasteiger partial charge is 0.341 e. The third kappa shape index (κ3) is 3.45. The Bertz CT molecular complexity index is 762. The highest BCUT2D eigenvalue weighted by atomic mass is 32.2. The third-order valence-electron chi connectivity index (χ3n) is 5.18. The molecule has 0 radical (unpaired) electrons. The summed E-state index contributed by atoms with van der Waals surface area (Å²) in [6.07, 6.45) is 2.82. The molecular formula is C19H23N3O3S. The zero-order chi connectivity index (χ0) is 18.3. The van der Waals surface area contributed by atoms with Crippen molar-refractivity contribution in [2.45, 2.75) is 36.3 Å². The second-order valence-electron chi connectivity index (χ2n) is 7.21. The molecule has 1 N–H and O–H groups in total. The molecule has 1 aromatic carbocycles. The number of nitrogens with one attached hydrogen (secondary N) is 1. The van der Waals surface area contributed by atoms with Crippen molar-refractivity contribution in [3.63, 3.8) is 0 Å². The highest BCUT2D eigenvalue weighted by molar-refractivity contribution is 8.00. The summed E-state index contributed by atoms with van der Waals surface area (Å²) in [5, 5.41) is 2.76. The Hall–Kier alpha value is -2.02. The molecule has 138 valence electrons. The summed E-state index contributed by atoms with van der Waals surface area (Å²) in [5.41, 5.74) is 1.30. The quantitative estimate of drug-likeness (QED) is 0.863. The van der Waals surface area contributed by atoms with Crippen LogP contribution in [0.1, 0.15) is 36.5 Å². The number of amides is 3. The molecule has 3 aliphatic rings. The average Bonchev–Trinajstić information content (AvgIpc) is 3.48. The molecule has 1 aliphatic carbocycles. The van der Waals surface area contributed by atoms with Crippen molar-refractivity contribution < 1.29 is 14.4 Å². The Kier molecular flexibility index (Phi) is 4.65. The van der Waals surface area contributed by atoms with E-state index < -0.39 is 0 Å². The van der Waals surface area contributed by atoms with Crippen LogP contribution in [0.15, 0.2) is 23.1 Å². The number of fused-ring (bicyclic) bond motifs is 1. The molecule has 7 heteroatoms. The van der Waals surface area contributed by atoms with Crippen LogP contribution < -0.4 is 5.32 Å². The Morgan fingerprint density at radius 3 is 2.62 bits per heavy atom. The van der Waals surface area contributed by atoms with Gasteiger partial charge in [-0.2, -0.15) is 0 Å². The van der Waals surface area contributed by atoms with Gasteiger partial charge in [0.15, 0.2) is 0 Å². The summed E-state index contributed by atoms with van der Waals surface area (Å²) in [7, 11) is 0. The van der Waals surface area contributed by atoms with Gasteiger partial charge in [0.05, 0.1) is 10.9 Å². The smallest absolute Gasteiger partial charge is 0.253 e. The fourth-order valence-corrected chi connectivity index (χ4v) is 4.38. The topological polar surface area (TPSA) is 69.7 Å². The van der Waals surface area contributed by atoms with E-state index in [1.165, 1.54) is 11.8 Å². The van der Waals surface area contributed by atoms with Crippen LogP contribution in [0.25, 0.3) is 0 Å². The molecule has 2 heterocycles. The van der Waals surface area contributed by atoms with Crippen molar-refractivity contribution in [3.8, 4) is 0 Å². The molecule has 3 amide bonds. The number of hydrogen-bond acceptors (Lipinski definition) is 4. The molecule has 0 spiro atoms. The first-order valence-corrected chi connectivity index (χ1v) is 10.1. The first-order chi connectivity index (χ1) is 12.5. The minimum absolute atomic E-state index is 0.0314. The van der Waals surface area contributed by atoms with Gasteiger partial charge in [-0.15, -0.1) is 11.8 Å². The minimum Gasteiger partial charge on any atom is -0.341 e. The lowest BCUT2D eigenvalue weighted by atomic mass is 10.1. The molecule has 1 unspecified atom stereocenters. The lowest BCUT2D eigenvalue weighted by Gasteiger charge is -2.24. The molecule has 1 saturated carbocycles. The summed E-state index contributed by atoms with van der Waals surface area (Å²) in [6, 6.07) is 5.51. The fourth-order valence-electron chi connectivity index (χ4n) is 3.45. The van der Waals surface area contributed by atoms with Crippen LogP contribution in [0.5, 0.6) is 0 Å². The summed E-state index contributed by atoms with van der Waals surface area (Å²) >= 11 is 1.51. The van der Waals surface area contributed by atoms with Crippen molar-refractivity contribution in [2.75, 3.05) is 31.5 Å². The highest BCUT2D eigenvalue weighted by Gasteiger charge is 2.34. The number of hydrogen-bond donors (Lipinski definition) is 1. The molecule has 2 fully saturated rings. The molecule has 1 saturated heterocycles. The minimum atomic E-state index is -0.121. The first kappa shape index (κ1) is 17.4. The average molecular weight is 373 g/mol. The standard InChI is InChI=1S/C19H23N3O3S/c1-12-17(23)20-15-11-14(5-6-16(15)26-12)19(25)22-8-2-7-21(9-10-22)18(24)13-3-4-13/h5-6,11-13H,2-4,7-10H2,1H3,(H,20,23). The van der Waals surface area contributed by atoms with Crippen LogP contribution >= 0.6 is 11.8 Å². The maximum Gasteiger partial charge on any atom is 0.253 e. The van der Waals surface area contributed by atoms with Crippen molar-refractivity contribution in [1.29, 1.82) is 0 Å². The Morgan fingerprint density at radius 1 is 1.12 bits per heavy atom. The van der Waals surface area contributed by atoms with Gasteiger partial charge >= 0.3 is 0 Å². The van der Waals surface area contributed by atoms with Gasteiger partial charge in [-0.05, 0) is 44.4 Å². The number of benzene rings is 1. The molecule has 1 aromatic rings. The second kappa shape index (κ2) is 6.95. The number of anilines is 1. The number of nitrogens with zero attached hydrogens (tertiary/aromatic N) is 2. The number of rotatable bonds is 2. The van der Waals surface area contributed by atoms with Crippen LogP contribution in [-0.2, 0) is 9.59 Å².